The smallest absolute Gasteiger partial charge is 0.309 e. The normalized spacial score (nSPS) is 24.8. The third kappa shape index (κ3) is 4.18. The van der Waals surface area contributed by atoms with E-state index in [1.807, 2.05) is 0 Å². The van der Waals surface area contributed by atoms with Crippen molar-refractivity contribution < 1.29 is 23.4 Å². The fourth-order valence-corrected chi connectivity index (χ4v) is 2.75. The Kier molecular flexibility index (Phi) is 5.74. The van der Waals surface area contributed by atoms with Crippen LogP contribution in [-0.4, -0.2) is 36.8 Å². The first-order valence-electron chi connectivity index (χ1n) is 6.49. The Balaban J connectivity index is 3.06. The van der Waals surface area contributed by atoms with Crippen LogP contribution < -0.4 is 0 Å². The molecule has 1 N–H and O–H groups in total. The molecule has 0 aliphatic carbocycles. The molecule has 0 aromatic carbocycles. The first kappa shape index (κ1) is 17.5. The van der Waals surface area contributed by atoms with Gasteiger partial charge in [-0.1, -0.05) is 18.7 Å². The van der Waals surface area contributed by atoms with Gasteiger partial charge >= 0.3 is 5.97 Å². The largest absolute Gasteiger partial charge is 0.755 e. The van der Waals surface area contributed by atoms with E-state index in [2.05, 4.69) is 6.58 Å². The van der Waals surface area contributed by atoms with E-state index in [9.17, 15) is 18.7 Å². The lowest BCUT2D eigenvalue weighted by molar-refractivity contribution is -0.149. The van der Waals surface area contributed by atoms with Crippen LogP contribution in [0.25, 0.3) is 0 Å². The molecule has 1 fully saturated rings. The lowest BCUT2D eigenvalue weighted by atomic mass is 9.86. The highest BCUT2D eigenvalue weighted by Crippen LogP contribution is 2.32. The van der Waals surface area contributed by atoms with Crippen LogP contribution in [0.15, 0.2) is 36.3 Å². The van der Waals surface area contributed by atoms with Crippen LogP contribution in [0.3, 0.4) is 0 Å². The number of nitrogens with zero attached hydrogens (tertiary/aromatic N) is 1. The molecule has 1 rings (SSSR count). The number of hydrogen-bond acceptors (Lipinski definition) is 4. The number of carbonyl (C=O) groups is 1. The number of hydrogen-bond donors (Lipinski definition) is 1. The lowest BCUT2D eigenvalue weighted by Crippen LogP contribution is -2.43. The van der Waals surface area contributed by atoms with Crippen molar-refractivity contribution in [2.24, 2.45) is 5.41 Å². The average Bonchev–Trinajstić information content (AvgIpc) is 2.37. The average molecular weight is 314 g/mol. The number of morpholine rings is 1. The molecule has 0 saturated carbocycles. The zero-order valence-electron chi connectivity index (χ0n) is 12.4. The van der Waals surface area contributed by atoms with Gasteiger partial charge in [0.1, 0.15) is 11.9 Å². The maximum absolute atomic E-state index is 11.4. The van der Waals surface area contributed by atoms with Crippen LogP contribution in [0.2, 0.25) is 0 Å². The predicted molar refractivity (Wildman–Crippen MR) is 78.6 cm³/mol. The minimum absolute atomic E-state index is 0.0843. The molecule has 118 valence electrons. The molecule has 1 aliphatic heterocycles. The zero-order chi connectivity index (χ0) is 16.2. The summed E-state index contributed by atoms with van der Waals surface area (Å²) in [5, 5.41) is 9.18. The Bertz CT molecular complexity index is 509. The van der Waals surface area contributed by atoms with Gasteiger partial charge in [0, 0.05) is 17.7 Å². The standard InChI is InChI=1S/C14H21NO5S/c1-5-7-12-11(6-2)15(21(18)19)9-10(20-12)8-14(3,4)13(16)17/h5-7,10H,1,8-9H2,2-4H3,(H,16,17)(H,18,19)/p-1/b11-6+,12-7+/t10-/m0/s1. The molecule has 0 spiro atoms. The van der Waals surface area contributed by atoms with Gasteiger partial charge in [-0.3, -0.25) is 13.3 Å². The van der Waals surface area contributed by atoms with Crippen molar-refractivity contribution in [2.45, 2.75) is 33.3 Å². The Hall–Kier alpha value is -1.60. The van der Waals surface area contributed by atoms with Gasteiger partial charge in [-0.05, 0) is 26.8 Å². The van der Waals surface area contributed by atoms with Gasteiger partial charge in [-0.15, -0.1) is 0 Å². The van der Waals surface area contributed by atoms with Crippen molar-refractivity contribution in [1.82, 2.24) is 4.31 Å². The molecule has 1 saturated heterocycles. The van der Waals surface area contributed by atoms with Gasteiger partial charge in [0.25, 0.3) is 0 Å². The van der Waals surface area contributed by atoms with Crippen molar-refractivity contribution >= 4 is 17.2 Å². The van der Waals surface area contributed by atoms with Crippen LogP contribution in [0.5, 0.6) is 0 Å². The van der Waals surface area contributed by atoms with Gasteiger partial charge in [-0.2, -0.15) is 0 Å². The number of carboxylic acid groups (broad SMARTS) is 1. The summed E-state index contributed by atoms with van der Waals surface area (Å²) in [6, 6.07) is 0. The van der Waals surface area contributed by atoms with Crippen molar-refractivity contribution in [3.05, 3.63) is 36.3 Å². The Morgan fingerprint density at radius 2 is 2.29 bits per heavy atom. The van der Waals surface area contributed by atoms with Gasteiger partial charge < -0.3 is 14.4 Å². The second-order valence-corrected chi connectivity index (χ2v) is 6.23. The molecule has 1 unspecified atom stereocenters. The lowest BCUT2D eigenvalue weighted by Gasteiger charge is -2.40. The molecule has 0 aromatic heterocycles. The molecule has 7 heteroatoms. The number of carboxylic acids is 1. The van der Waals surface area contributed by atoms with E-state index in [-0.39, 0.29) is 13.0 Å². The maximum Gasteiger partial charge on any atom is 0.309 e. The van der Waals surface area contributed by atoms with Crippen LogP contribution in [0, 0.1) is 5.41 Å². The van der Waals surface area contributed by atoms with Crippen molar-refractivity contribution in [3.63, 3.8) is 0 Å². The van der Waals surface area contributed by atoms with E-state index in [4.69, 9.17) is 4.74 Å². The summed E-state index contributed by atoms with van der Waals surface area (Å²) in [5.41, 5.74) is -0.583. The third-order valence-electron chi connectivity index (χ3n) is 3.22. The molecule has 0 amide bonds. The summed E-state index contributed by atoms with van der Waals surface area (Å²) in [4.78, 5) is 11.2. The quantitative estimate of drug-likeness (QED) is 0.783. The van der Waals surface area contributed by atoms with Crippen molar-refractivity contribution in [3.8, 4) is 0 Å². The Morgan fingerprint density at radius 3 is 2.71 bits per heavy atom. The molecular weight excluding hydrogens is 294 g/mol. The number of rotatable bonds is 5. The summed E-state index contributed by atoms with van der Waals surface area (Å²) < 4.78 is 29.7. The summed E-state index contributed by atoms with van der Waals surface area (Å²) in [6.45, 7) is 8.53. The van der Waals surface area contributed by atoms with E-state index in [1.165, 1.54) is 10.4 Å². The Labute approximate surface area is 127 Å². The fraction of sp³-hybridized carbons (Fsp3) is 0.500. The zero-order valence-corrected chi connectivity index (χ0v) is 13.2. The van der Waals surface area contributed by atoms with Gasteiger partial charge in [0.2, 0.25) is 0 Å². The molecule has 6 nitrogen and oxygen atoms in total. The number of ether oxygens (including phenoxy) is 1. The van der Waals surface area contributed by atoms with Gasteiger partial charge in [0.15, 0.2) is 0 Å². The summed E-state index contributed by atoms with van der Waals surface area (Å²) in [6.07, 6.45) is 4.35. The number of aliphatic carboxylic acids is 1. The molecule has 0 aromatic rings. The van der Waals surface area contributed by atoms with Gasteiger partial charge in [0.05, 0.1) is 17.7 Å². The topological polar surface area (TPSA) is 89.9 Å². The van der Waals surface area contributed by atoms with E-state index >= 15 is 0 Å². The van der Waals surface area contributed by atoms with E-state index in [1.54, 1.807) is 32.9 Å². The first-order chi connectivity index (χ1) is 9.72. The molecule has 21 heavy (non-hydrogen) atoms. The third-order valence-corrected chi connectivity index (χ3v) is 3.93. The molecule has 1 heterocycles. The van der Waals surface area contributed by atoms with E-state index < -0.39 is 28.8 Å². The van der Waals surface area contributed by atoms with Crippen molar-refractivity contribution in [2.75, 3.05) is 6.54 Å². The monoisotopic (exact) mass is 314 g/mol. The Morgan fingerprint density at radius 1 is 1.67 bits per heavy atom. The highest BCUT2D eigenvalue weighted by Gasteiger charge is 2.36. The maximum atomic E-state index is 11.4. The second-order valence-electron chi connectivity index (χ2n) is 5.35. The molecule has 0 bridgehead atoms. The minimum atomic E-state index is -2.45. The minimum Gasteiger partial charge on any atom is -0.755 e. The SMILES string of the molecule is C=C/C=C1/O[C@@H](CC(C)(C)C(=O)O)CN(S(=O)[O-])/C1=C/C. The first-order valence-corrected chi connectivity index (χ1v) is 7.52. The van der Waals surface area contributed by atoms with Crippen LogP contribution in [-0.2, 0) is 20.8 Å². The highest BCUT2D eigenvalue weighted by molar-refractivity contribution is 7.76. The predicted octanol–water partition coefficient (Wildman–Crippen LogP) is 1.96. The van der Waals surface area contributed by atoms with Crippen molar-refractivity contribution in [1.29, 1.82) is 0 Å². The summed E-state index contributed by atoms with van der Waals surface area (Å²) in [7, 11) is 0. The van der Waals surface area contributed by atoms with E-state index in [0.717, 1.165) is 0 Å². The van der Waals surface area contributed by atoms with Crippen LogP contribution in [0.1, 0.15) is 27.2 Å². The van der Waals surface area contributed by atoms with Crippen LogP contribution in [0.4, 0.5) is 0 Å². The summed E-state index contributed by atoms with van der Waals surface area (Å²) in [5.74, 6) is -0.582. The molecule has 2 atom stereocenters. The molecular formula is C14H20NO5S-. The highest BCUT2D eigenvalue weighted by atomic mass is 32.2. The molecule has 0 radical (unpaired) electrons. The summed E-state index contributed by atoms with van der Waals surface area (Å²) >= 11 is -2.45. The van der Waals surface area contributed by atoms with Gasteiger partial charge in [-0.25, -0.2) is 0 Å². The fourth-order valence-electron chi connectivity index (χ4n) is 2.11. The molecule has 1 aliphatic rings. The van der Waals surface area contributed by atoms with E-state index in [0.29, 0.717) is 11.5 Å². The van der Waals surface area contributed by atoms with Crippen LogP contribution >= 0.6 is 0 Å². The second kappa shape index (κ2) is 6.91. The number of allylic oxidation sites excluding steroid dienone is 3.